The van der Waals surface area contributed by atoms with Crippen LogP contribution in [0.15, 0.2) is 29.3 Å². The number of hydrogen-bond acceptors (Lipinski definition) is 6. The maximum absolute atomic E-state index is 14.9. The quantitative estimate of drug-likeness (QED) is 0.533. The minimum atomic E-state index is -2.92. The van der Waals surface area contributed by atoms with Crippen molar-refractivity contribution in [1.29, 1.82) is 0 Å². The number of piperidine rings is 1. The first-order chi connectivity index (χ1) is 18.1. The van der Waals surface area contributed by atoms with Gasteiger partial charge in [-0.15, -0.1) is 0 Å². The Morgan fingerprint density at radius 3 is 2.55 bits per heavy atom. The molecule has 0 aromatic heterocycles. The van der Waals surface area contributed by atoms with Crippen LogP contribution in [-0.4, -0.2) is 52.1 Å². The van der Waals surface area contributed by atoms with Crippen molar-refractivity contribution in [3.63, 3.8) is 0 Å². The van der Waals surface area contributed by atoms with Gasteiger partial charge in [0.1, 0.15) is 23.3 Å². The lowest BCUT2D eigenvalue weighted by molar-refractivity contribution is -0.135. The summed E-state index contributed by atoms with van der Waals surface area (Å²) in [5.74, 6) is 1.17. The van der Waals surface area contributed by atoms with E-state index in [2.05, 4.69) is 14.9 Å². The Morgan fingerprint density at radius 1 is 1.18 bits per heavy atom. The van der Waals surface area contributed by atoms with E-state index >= 15 is 0 Å². The maximum atomic E-state index is 14.9. The molecule has 0 saturated carbocycles. The number of amides is 1. The molecule has 1 saturated heterocycles. The molecule has 0 spiro atoms. The Morgan fingerprint density at radius 2 is 1.89 bits per heavy atom. The summed E-state index contributed by atoms with van der Waals surface area (Å²) in [5.41, 5.74) is 0.746. The summed E-state index contributed by atoms with van der Waals surface area (Å²) in [6, 6.07) is 5.18. The topological polar surface area (TPSA) is 84.6 Å². The zero-order valence-corrected chi connectivity index (χ0v) is 21.9. The van der Waals surface area contributed by atoms with Crippen LogP contribution in [0, 0.1) is 12.7 Å². The molecule has 202 valence electrons. The van der Waals surface area contributed by atoms with E-state index in [0.717, 1.165) is 17.4 Å². The predicted molar refractivity (Wildman–Crippen MR) is 135 cm³/mol. The van der Waals surface area contributed by atoms with Gasteiger partial charge in [-0.3, -0.25) is 9.79 Å². The van der Waals surface area contributed by atoms with Crippen LogP contribution in [0.2, 0.25) is 0 Å². The summed E-state index contributed by atoms with van der Waals surface area (Å²) in [6.07, 6.45) is -1.69. The van der Waals surface area contributed by atoms with Gasteiger partial charge in [0.15, 0.2) is 5.49 Å². The minimum absolute atomic E-state index is 0.0352. The molecule has 5 rings (SSSR count). The number of benzene rings is 1. The molecule has 0 unspecified atom stereocenters. The first-order valence-electron chi connectivity index (χ1n) is 12.7. The third-order valence-corrected chi connectivity index (χ3v) is 7.67. The van der Waals surface area contributed by atoms with Gasteiger partial charge < -0.3 is 19.5 Å². The van der Waals surface area contributed by atoms with Gasteiger partial charge in [0.25, 0.3) is 6.43 Å². The standard InChI is InChI=1S/C27H31F3N6O2/c1-15(18-6-5-7-19(22(18)28)23(29)30)32-24-20-14-21(27(38-4)8-11-35(12-9-27)17(3)37)26-31-10-13-36(26)25(20)34-16(2)33-24/h5-7,14-15,23,31H,8-13H2,1-4H3/t15-/m1/s1. The number of nitrogens with zero attached hydrogens (tertiary/aromatic N) is 5. The predicted octanol–water partition coefficient (Wildman–Crippen LogP) is 4.34. The lowest BCUT2D eigenvalue weighted by atomic mass is 9.83. The average molecular weight is 529 g/mol. The maximum Gasteiger partial charge on any atom is 0.266 e. The highest BCUT2D eigenvalue weighted by molar-refractivity contribution is 5.73. The summed E-state index contributed by atoms with van der Waals surface area (Å²) in [5, 5.41) is 3.47. The van der Waals surface area contributed by atoms with E-state index < -0.39 is 29.4 Å². The van der Waals surface area contributed by atoms with Gasteiger partial charge in [0.05, 0.1) is 22.8 Å². The number of carbonyl (C=O) groups is 1. The molecule has 1 atom stereocenters. The highest BCUT2D eigenvalue weighted by Crippen LogP contribution is 2.43. The fraction of sp³-hybridized carbons (Fsp3) is 0.481. The van der Waals surface area contributed by atoms with Crippen LogP contribution >= 0.6 is 0 Å². The molecule has 4 heterocycles. The van der Waals surface area contributed by atoms with Gasteiger partial charge in [-0.1, -0.05) is 18.2 Å². The van der Waals surface area contributed by atoms with Crippen LogP contribution in [0.4, 0.5) is 19.0 Å². The van der Waals surface area contributed by atoms with Crippen LogP contribution in [0.25, 0.3) is 11.4 Å². The second-order valence-electron chi connectivity index (χ2n) is 9.88. The van der Waals surface area contributed by atoms with E-state index in [1.54, 1.807) is 27.9 Å². The Kier molecular flexibility index (Phi) is 6.89. The summed E-state index contributed by atoms with van der Waals surface area (Å²) < 4.78 is 49.8. The lowest BCUT2D eigenvalue weighted by Gasteiger charge is -2.42. The second kappa shape index (κ2) is 10.0. The van der Waals surface area contributed by atoms with Crippen LogP contribution in [0.3, 0.4) is 0 Å². The van der Waals surface area contributed by atoms with E-state index in [4.69, 9.17) is 14.7 Å². The molecule has 8 nitrogen and oxygen atoms in total. The van der Waals surface area contributed by atoms with Crippen LogP contribution in [-0.2, 0) is 21.7 Å². The Bertz CT molecular complexity index is 1410. The molecule has 1 aromatic rings. The summed E-state index contributed by atoms with van der Waals surface area (Å²) in [4.78, 5) is 27.7. The Balaban J connectivity index is 1.67. The zero-order chi connectivity index (χ0) is 27.2. The number of halogens is 3. The van der Waals surface area contributed by atoms with E-state index in [1.165, 1.54) is 12.1 Å². The molecule has 1 N–H and O–H groups in total. The van der Waals surface area contributed by atoms with Gasteiger partial charge in [-0.2, -0.15) is 0 Å². The Labute approximate surface area is 218 Å². The van der Waals surface area contributed by atoms with Crippen molar-refractivity contribution in [2.75, 3.05) is 32.1 Å². The number of aromatic nitrogens is 3. The Hall–Kier alpha value is -3.47. The first-order valence-corrected chi connectivity index (χ1v) is 12.7. The summed E-state index contributed by atoms with van der Waals surface area (Å²) in [6.45, 7) is 7.52. The molecule has 0 radical (unpaired) electrons. The first kappa shape index (κ1) is 26.1. The number of pyridine rings is 1. The minimum Gasteiger partial charge on any atom is -0.373 e. The number of rotatable bonds is 5. The van der Waals surface area contributed by atoms with E-state index in [1.807, 2.05) is 11.0 Å². The average Bonchev–Trinajstić information content (AvgIpc) is 3.38. The number of carbonyl (C=O) groups excluding carboxylic acids is 1. The van der Waals surface area contributed by atoms with Crippen molar-refractivity contribution in [1.82, 2.24) is 19.4 Å². The van der Waals surface area contributed by atoms with Crippen molar-refractivity contribution in [3.05, 3.63) is 58.1 Å². The summed E-state index contributed by atoms with van der Waals surface area (Å²) in [7, 11) is 1.68. The highest BCUT2D eigenvalue weighted by atomic mass is 19.3. The molecule has 0 bridgehead atoms. The van der Waals surface area contributed by atoms with Crippen LogP contribution in [0.1, 0.15) is 61.7 Å². The molecule has 11 heteroatoms. The SMILES string of the molecule is COC1(c2cc3c(=N[C@H](C)c4cccc(C(F)F)c4F)nc(C)nc-3n3c2NCC3)CCN(C(C)=O)CC1. The van der Waals surface area contributed by atoms with Crippen molar-refractivity contribution in [3.8, 4) is 11.4 Å². The lowest BCUT2D eigenvalue weighted by Crippen LogP contribution is -2.46. The number of ether oxygens (including phenoxy) is 1. The van der Waals surface area contributed by atoms with Gasteiger partial charge in [-0.25, -0.2) is 23.1 Å². The van der Waals surface area contributed by atoms with E-state index in [9.17, 15) is 18.0 Å². The number of alkyl halides is 2. The molecule has 1 fully saturated rings. The normalized spacial score (nSPS) is 18.1. The number of anilines is 1. The number of aryl methyl sites for hydroxylation is 1. The third-order valence-electron chi connectivity index (χ3n) is 7.67. The van der Waals surface area contributed by atoms with Gasteiger partial charge in [0.2, 0.25) is 5.91 Å². The van der Waals surface area contributed by atoms with Gasteiger partial charge >= 0.3 is 0 Å². The summed E-state index contributed by atoms with van der Waals surface area (Å²) >= 11 is 0. The molecule has 0 aliphatic carbocycles. The molecule has 4 aliphatic heterocycles. The molecule has 38 heavy (non-hydrogen) atoms. The number of nitrogens with one attached hydrogen (secondary N) is 1. The van der Waals surface area contributed by atoms with E-state index in [0.29, 0.717) is 61.7 Å². The zero-order valence-electron chi connectivity index (χ0n) is 21.9. The van der Waals surface area contributed by atoms with Gasteiger partial charge in [-0.05, 0) is 32.8 Å². The van der Waals surface area contributed by atoms with Crippen molar-refractivity contribution >= 4 is 11.7 Å². The van der Waals surface area contributed by atoms with Crippen molar-refractivity contribution < 1.29 is 22.7 Å². The van der Waals surface area contributed by atoms with Crippen LogP contribution in [0.5, 0.6) is 0 Å². The van der Waals surface area contributed by atoms with E-state index in [-0.39, 0.29) is 11.5 Å². The number of fused-ring (bicyclic) bond motifs is 3. The number of likely N-dealkylation sites (tertiary alicyclic amines) is 1. The molecular weight excluding hydrogens is 497 g/mol. The molecule has 4 aliphatic rings. The molecule has 1 aromatic carbocycles. The molecular formula is C27H31F3N6O2. The van der Waals surface area contributed by atoms with Crippen molar-refractivity contribution in [2.24, 2.45) is 4.99 Å². The highest BCUT2D eigenvalue weighted by Gasteiger charge is 2.41. The fourth-order valence-corrected chi connectivity index (χ4v) is 5.57. The van der Waals surface area contributed by atoms with Crippen molar-refractivity contribution in [2.45, 2.75) is 58.2 Å². The largest absolute Gasteiger partial charge is 0.373 e. The molecule has 1 amide bonds. The third kappa shape index (κ3) is 4.42. The van der Waals surface area contributed by atoms with Crippen LogP contribution < -0.4 is 10.8 Å². The number of methoxy groups -OCH3 is 1. The monoisotopic (exact) mass is 528 g/mol. The second-order valence-corrected chi connectivity index (χ2v) is 9.88. The smallest absolute Gasteiger partial charge is 0.266 e. The van der Waals surface area contributed by atoms with Gasteiger partial charge in [0, 0.05) is 51.3 Å². The number of hydrogen-bond donors (Lipinski definition) is 1. The fourth-order valence-electron chi connectivity index (χ4n) is 5.57.